The quantitative estimate of drug-likeness (QED) is 0.609. The monoisotopic (exact) mass is 418 g/mol. The normalized spacial score (nSPS) is 15.7. The molecule has 158 valence electrons. The smallest absolute Gasteiger partial charge is 0.235 e. The third kappa shape index (κ3) is 5.44. The number of ether oxygens (including phenoxy) is 2. The Hall–Kier alpha value is -2.22. The zero-order valence-corrected chi connectivity index (χ0v) is 18.4. The van der Waals surface area contributed by atoms with E-state index in [0.29, 0.717) is 18.5 Å². The average Bonchev–Trinajstić information content (AvgIpc) is 3.11. The van der Waals surface area contributed by atoms with Crippen LogP contribution in [0.2, 0.25) is 0 Å². The first-order valence-corrected chi connectivity index (χ1v) is 11.0. The van der Waals surface area contributed by atoms with Crippen molar-refractivity contribution in [2.24, 2.45) is 7.05 Å². The fourth-order valence-corrected chi connectivity index (χ4v) is 4.47. The zero-order valence-electron chi connectivity index (χ0n) is 17.6. The summed E-state index contributed by atoms with van der Waals surface area (Å²) in [7, 11) is 5.46. The number of nitrogens with zero attached hydrogens (tertiary/aromatic N) is 4. The van der Waals surface area contributed by atoms with Crippen molar-refractivity contribution in [2.75, 3.05) is 14.2 Å². The van der Waals surface area contributed by atoms with Crippen molar-refractivity contribution in [3.8, 4) is 11.5 Å². The minimum atomic E-state index is -0.208. The van der Waals surface area contributed by atoms with Crippen LogP contribution in [0.4, 0.5) is 0 Å². The minimum Gasteiger partial charge on any atom is -0.497 e. The number of thioether (sulfide) groups is 1. The molecule has 0 saturated heterocycles. The van der Waals surface area contributed by atoms with E-state index < -0.39 is 0 Å². The number of carbonyl (C=O) groups is 1. The number of rotatable bonds is 8. The van der Waals surface area contributed by atoms with Crippen LogP contribution in [0.25, 0.3) is 0 Å². The Morgan fingerprint density at radius 3 is 2.52 bits per heavy atom. The maximum atomic E-state index is 12.8. The predicted molar refractivity (Wildman–Crippen MR) is 113 cm³/mol. The van der Waals surface area contributed by atoms with Crippen LogP contribution in [0.1, 0.15) is 44.9 Å². The molecule has 1 aliphatic rings. The second-order valence-electron chi connectivity index (χ2n) is 7.42. The van der Waals surface area contributed by atoms with E-state index in [2.05, 4.69) is 10.2 Å². The van der Waals surface area contributed by atoms with Crippen LogP contribution in [0.15, 0.2) is 29.4 Å². The highest BCUT2D eigenvalue weighted by Crippen LogP contribution is 2.27. The van der Waals surface area contributed by atoms with Gasteiger partial charge in [0.25, 0.3) is 0 Å². The molecule has 1 aliphatic carbocycles. The molecular weight excluding hydrogens is 388 g/mol. The fourth-order valence-electron chi connectivity index (χ4n) is 3.54. The highest BCUT2D eigenvalue weighted by molar-refractivity contribution is 8.00. The van der Waals surface area contributed by atoms with Gasteiger partial charge in [0.05, 0.1) is 12.4 Å². The summed E-state index contributed by atoms with van der Waals surface area (Å²) in [5.41, 5.74) is 0. The van der Waals surface area contributed by atoms with E-state index in [-0.39, 0.29) is 11.2 Å². The first-order chi connectivity index (χ1) is 14.0. The summed E-state index contributed by atoms with van der Waals surface area (Å²) in [5.74, 6) is 2.39. The van der Waals surface area contributed by atoms with Crippen LogP contribution in [-0.4, -0.2) is 51.0 Å². The lowest BCUT2D eigenvalue weighted by atomic mass is 9.94. The summed E-state index contributed by atoms with van der Waals surface area (Å²) in [6.07, 6.45) is 5.92. The Labute approximate surface area is 176 Å². The molecule has 29 heavy (non-hydrogen) atoms. The van der Waals surface area contributed by atoms with Gasteiger partial charge in [0.1, 0.15) is 18.1 Å². The molecular formula is C21H30N4O3S. The minimum absolute atomic E-state index is 0.154. The lowest BCUT2D eigenvalue weighted by molar-refractivity contribution is -0.131. The maximum Gasteiger partial charge on any atom is 0.235 e. The van der Waals surface area contributed by atoms with Crippen molar-refractivity contribution in [2.45, 2.75) is 62.1 Å². The largest absolute Gasteiger partial charge is 0.497 e. The van der Waals surface area contributed by atoms with Crippen LogP contribution in [-0.2, 0) is 18.4 Å². The molecule has 1 heterocycles. The number of aromatic nitrogens is 3. The number of benzene rings is 1. The van der Waals surface area contributed by atoms with Crippen molar-refractivity contribution >= 4 is 17.7 Å². The van der Waals surface area contributed by atoms with E-state index in [9.17, 15) is 4.79 Å². The van der Waals surface area contributed by atoms with Crippen molar-refractivity contribution in [1.29, 1.82) is 0 Å². The molecule has 0 spiro atoms. The predicted octanol–water partition coefficient (Wildman–Crippen LogP) is 3.67. The van der Waals surface area contributed by atoms with E-state index in [0.717, 1.165) is 29.5 Å². The van der Waals surface area contributed by atoms with Crippen molar-refractivity contribution in [3.05, 3.63) is 30.1 Å². The number of hydrogen-bond donors (Lipinski definition) is 0. The third-order valence-electron chi connectivity index (χ3n) is 5.45. The van der Waals surface area contributed by atoms with Gasteiger partial charge in [-0.25, -0.2) is 0 Å². The Morgan fingerprint density at radius 1 is 1.21 bits per heavy atom. The Balaban J connectivity index is 1.55. The highest BCUT2D eigenvalue weighted by atomic mass is 32.2. The SMILES string of the molecule is COc1ccc(OCc2nnc(S[C@H](C)C(=O)N(C)C3CCCCC3)n2C)cc1. The molecule has 1 fully saturated rings. The van der Waals surface area contributed by atoms with E-state index in [4.69, 9.17) is 9.47 Å². The summed E-state index contributed by atoms with van der Waals surface area (Å²) in [6.45, 7) is 2.25. The van der Waals surface area contributed by atoms with Crippen molar-refractivity contribution in [1.82, 2.24) is 19.7 Å². The van der Waals surface area contributed by atoms with E-state index in [1.54, 1.807) is 7.11 Å². The average molecular weight is 419 g/mol. The first-order valence-electron chi connectivity index (χ1n) is 10.1. The lowest BCUT2D eigenvalue weighted by Crippen LogP contribution is -2.42. The molecule has 0 radical (unpaired) electrons. The Kier molecular flexibility index (Phi) is 7.41. The molecule has 1 aromatic heterocycles. The molecule has 1 saturated carbocycles. The van der Waals surface area contributed by atoms with Crippen molar-refractivity contribution < 1.29 is 14.3 Å². The highest BCUT2D eigenvalue weighted by Gasteiger charge is 2.27. The summed E-state index contributed by atoms with van der Waals surface area (Å²) in [5, 5.41) is 8.99. The van der Waals surface area contributed by atoms with Gasteiger partial charge >= 0.3 is 0 Å². The van der Waals surface area contributed by atoms with Gasteiger partial charge in [0.15, 0.2) is 11.0 Å². The molecule has 8 heteroatoms. The molecule has 0 unspecified atom stereocenters. The van der Waals surface area contributed by atoms with Gasteiger partial charge in [0.2, 0.25) is 5.91 Å². The van der Waals surface area contributed by atoms with Crippen LogP contribution in [0.3, 0.4) is 0 Å². The van der Waals surface area contributed by atoms with Gasteiger partial charge in [-0.3, -0.25) is 4.79 Å². The molecule has 1 amide bonds. The first kappa shape index (κ1) is 21.5. The molecule has 0 N–H and O–H groups in total. The van der Waals surface area contributed by atoms with Crippen molar-refractivity contribution in [3.63, 3.8) is 0 Å². The van der Waals surface area contributed by atoms with E-state index >= 15 is 0 Å². The number of hydrogen-bond acceptors (Lipinski definition) is 6. The maximum absolute atomic E-state index is 12.8. The molecule has 1 atom stereocenters. The standard InChI is InChI=1S/C21H30N4O3S/c1-15(20(26)24(2)16-8-6-5-7-9-16)29-21-23-22-19(25(21)3)14-28-18-12-10-17(27-4)11-13-18/h10-13,15-16H,5-9,14H2,1-4H3/t15-/m1/s1. The van der Waals surface area contributed by atoms with E-state index in [1.807, 2.05) is 54.8 Å². The van der Waals surface area contributed by atoms with Crippen LogP contribution in [0, 0.1) is 0 Å². The second-order valence-corrected chi connectivity index (χ2v) is 8.73. The van der Waals surface area contributed by atoms with Gasteiger partial charge < -0.3 is 18.9 Å². The van der Waals surface area contributed by atoms with Gasteiger partial charge in [-0.1, -0.05) is 31.0 Å². The molecule has 0 aliphatic heterocycles. The molecule has 7 nitrogen and oxygen atoms in total. The Morgan fingerprint density at radius 2 is 1.86 bits per heavy atom. The van der Waals surface area contributed by atoms with E-state index in [1.165, 1.54) is 31.0 Å². The third-order valence-corrected chi connectivity index (χ3v) is 6.57. The number of methoxy groups -OCH3 is 1. The molecule has 3 rings (SSSR count). The number of carbonyl (C=O) groups excluding carboxylic acids is 1. The summed E-state index contributed by atoms with van der Waals surface area (Å²) >= 11 is 1.44. The van der Waals surface area contributed by atoms with Crippen LogP contribution in [0.5, 0.6) is 11.5 Å². The zero-order chi connectivity index (χ0) is 20.8. The van der Waals surface area contributed by atoms with Gasteiger partial charge in [0, 0.05) is 20.1 Å². The van der Waals surface area contributed by atoms with Gasteiger partial charge in [-0.05, 0) is 44.0 Å². The lowest BCUT2D eigenvalue weighted by Gasteiger charge is -2.32. The molecule has 0 bridgehead atoms. The molecule has 1 aromatic carbocycles. The number of amides is 1. The summed E-state index contributed by atoms with van der Waals surface area (Å²) in [4.78, 5) is 14.8. The summed E-state index contributed by atoms with van der Waals surface area (Å²) < 4.78 is 12.8. The van der Waals surface area contributed by atoms with Crippen LogP contribution >= 0.6 is 11.8 Å². The molecule has 2 aromatic rings. The van der Waals surface area contributed by atoms with Gasteiger partial charge in [-0.2, -0.15) is 0 Å². The van der Waals surface area contributed by atoms with Gasteiger partial charge in [-0.15, -0.1) is 10.2 Å². The summed E-state index contributed by atoms with van der Waals surface area (Å²) in [6, 6.07) is 7.78. The fraction of sp³-hybridized carbons (Fsp3) is 0.571. The second kappa shape index (κ2) is 10.0. The topological polar surface area (TPSA) is 69.5 Å². The van der Waals surface area contributed by atoms with Crippen LogP contribution < -0.4 is 9.47 Å². The Bertz CT molecular complexity index is 803.